The monoisotopic (exact) mass is 474 g/mol. The molecule has 0 spiro atoms. The Labute approximate surface area is 201 Å². The Bertz CT molecular complexity index is 1390. The number of aromatic amines is 1. The van der Waals surface area contributed by atoms with Gasteiger partial charge in [-0.15, -0.1) is 0 Å². The van der Waals surface area contributed by atoms with Crippen LogP contribution in [0.5, 0.6) is 0 Å². The van der Waals surface area contributed by atoms with Crippen LogP contribution in [0.2, 0.25) is 0 Å². The SMILES string of the molecule is Cc1nc(-c2ccncc2)[nH]c(=O)c1CCC(=O)NC(Cc1cccc(F)c1)c1cccc(F)c1. The van der Waals surface area contributed by atoms with Crippen LogP contribution in [0.3, 0.4) is 0 Å². The van der Waals surface area contributed by atoms with Crippen LogP contribution in [0.1, 0.15) is 34.8 Å². The molecule has 0 saturated carbocycles. The third-order valence-electron chi connectivity index (χ3n) is 5.69. The van der Waals surface area contributed by atoms with E-state index in [4.69, 9.17) is 0 Å². The van der Waals surface area contributed by atoms with Crippen LogP contribution in [0.15, 0.2) is 77.9 Å². The number of pyridine rings is 1. The number of benzene rings is 2. The minimum absolute atomic E-state index is 0.0369. The number of H-pyrrole nitrogens is 1. The summed E-state index contributed by atoms with van der Waals surface area (Å²) in [5.74, 6) is -0.690. The largest absolute Gasteiger partial charge is 0.349 e. The minimum atomic E-state index is -0.563. The van der Waals surface area contributed by atoms with Gasteiger partial charge < -0.3 is 10.3 Å². The van der Waals surface area contributed by atoms with Crippen molar-refractivity contribution in [2.24, 2.45) is 0 Å². The molecule has 35 heavy (non-hydrogen) atoms. The van der Waals surface area contributed by atoms with Gasteiger partial charge in [-0.1, -0.05) is 24.3 Å². The Morgan fingerprint density at radius 1 is 1.03 bits per heavy atom. The van der Waals surface area contributed by atoms with Crippen LogP contribution in [-0.2, 0) is 17.6 Å². The molecule has 0 fully saturated rings. The lowest BCUT2D eigenvalue weighted by molar-refractivity contribution is -0.121. The summed E-state index contributed by atoms with van der Waals surface area (Å²) in [6, 6.07) is 14.9. The van der Waals surface area contributed by atoms with E-state index in [1.807, 2.05) is 0 Å². The summed E-state index contributed by atoms with van der Waals surface area (Å²) in [5, 5.41) is 2.91. The first-order chi connectivity index (χ1) is 16.9. The van der Waals surface area contributed by atoms with Gasteiger partial charge in [0.05, 0.1) is 6.04 Å². The highest BCUT2D eigenvalue weighted by molar-refractivity contribution is 5.76. The molecule has 0 aliphatic carbocycles. The van der Waals surface area contributed by atoms with E-state index in [2.05, 4.69) is 20.3 Å². The van der Waals surface area contributed by atoms with Crippen LogP contribution in [-0.4, -0.2) is 20.9 Å². The van der Waals surface area contributed by atoms with Crippen LogP contribution < -0.4 is 10.9 Å². The van der Waals surface area contributed by atoms with Gasteiger partial charge in [-0.05, 0) is 67.3 Å². The molecular formula is C27H24F2N4O2. The number of carbonyl (C=O) groups is 1. The molecule has 0 aliphatic rings. The van der Waals surface area contributed by atoms with E-state index in [1.54, 1.807) is 55.7 Å². The summed E-state index contributed by atoms with van der Waals surface area (Å²) in [6.45, 7) is 1.73. The average molecular weight is 475 g/mol. The van der Waals surface area contributed by atoms with Gasteiger partial charge in [0.15, 0.2) is 0 Å². The summed E-state index contributed by atoms with van der Waals surface area (Å²) in [7, 11) is 0. The maximum Gasteiger partial charge on any atom is 0.254 e. The smallest absolute Gasteiger partial charge is 0.254 e. The van der Waals surface area contributed by atoms with Crippen molar-refractivity contribution in [1.29, 1.82) is 0 Å². The average Bonchev–Trinajstić information content (AvgIpc) is 2.83. The van der Waals surface area contributed by atoms with Gasteiger partial charge in [0.2, 0.25) is 5.91 Å². The van der Waals surface area contributed by atoms with Crippen LogP contribution >= 0.6 is 0 Å². The number of rotatable bonds is 8. The Kier molecular flexibility index (Phi) is 7.40. The van der Waals surface area contributed by atoms with E-state index in [0.29, 0.717) is 28.2 Å². The van der Waals surface area contributed by atoms with E-state index in [9.17, 15) is 18.4 Å². The Morgan fingerprint density at radius 3 is 2.43 bits per heavy atom. The fourth-order valence-corrected chi connectivity index (χ4v) is 3.93. The zero-order chi connectivity index (χ0) is 24.8. The van der Waals surface area contributed by atoms with E-state index in [-0.39, 0.29) is 36.5 Å². The molecule has 1 unspecified atom stereocenters. The van der Waals surface area contributed by atoms with Crippen molar-refractivity contribution in [2.45, 2.75) is 32.2 Å². The van der Waals surface area contributed by atoms with Crippen molar-refractivity contribution in [3.8, 4) is 11.4 Å². The lowest BCUT2D eigenvalue weighted by Gasteiger charge is -2.20. The summed E-state index contributed by atoms with van der Waals surface area (Å²) in [6.07, 6.45) is 3.74. The Balaban J connectivity index is 1.48. The number of carbonyl (C=O) groups excluding carboxylic acids is 1. The first kappa shape index (κ1) is 23.9. The molecule has 6 nitrogen and oxygen atoms in total. The fourth-order valence-electron chi connectivity index (χ4n) is 3.93. The topological polar surface area (TPSA) is 87.7 Å². The second kappa shape index (κ2) is 10.8. The van der Waals surface area contributed by atoms with E-state index in [1.165, 1.54) is 24.3 Å². The van der Waals surface area contributed by atoms with E-state index >= 15 is 0 Å². The lowest BCUT2D eigenvalue weighted by Crippen LogP contribution is -2.31. The molecule has 1 amide bonds. The second-order valence-electron chi connectivity index (χ2n) is 8.22. The molecule has 4 aromatic rings. The number of hydrogen-bond donors (Lipinski definition) is 2. The van der Waals surface area contributed by atoms with E-state index < -0.39 is 11.9 Å². The van der Waals surface area contributed by atoms with Gasteiger partial charge in [-0.3, -0.25) is 14.6 Å². The summed E-state index contributed by atoms with van der Waals surface area (Å²) in [5.41, 5.74) is 2.63. The number of aromatic nitrogens is 3. The van der Waals surface area contributed by atoms with Gasteiger partial charge in [0.1, 0.15) is 17.5 Å². The first-order valence-corrected chi connectivity index (χ1v) is 11.2. The van der Waals surface area contributed by atoms with Crippen molar-refractivity contribution < 1.29 is 13.6 Å². The van der Waals surface area contributed by atoms with Gasteiger partial charge in [0.25, 0.3) is 5.56 Å². The number of nitrogens with zero attached hydrogens (tertiary/aromatic N) is 2. The number of amides is 1. The zero-order valence-electron chi connectivity index (χ0n) is 19.1. The molecule has 0 bridgehead atoms. The molecule has 4 rings (SSSR count). The molecule has 1 atom stereocenters. The van der Waals surface area contributed by atoms with Gasteiger partial charge in [-0.25, -0.2) is 13.8 Å². The van der Waals surface area contributed by atoms with Gasteiger partial charge in [-0.2, -0.15) is 0 Å². The van der Waals surface area contributed by atoms with Crippen LogP contribution in [0, 0.1) is 18.6 Å². The number of halogens is 2. The van der Waals surface area contributed by atoms with Crippen molar-refractivity contribution in [3.63, 3.8) is 0 Å². The molecule has 178 valence electrons. The van der Waals surface area contributed by atoms with Crippen molar-refractivity contribution >= 4 is 5.91 Å². The quantitative estimate of drug-likeness (QED) is 0.395. The Morgan fingerprint density at radius 2 is 1.74 bits per heavy atom. The molecule has 0 saturated heterocycles. The summed E-state index contributed by atoms with van der Waals surface area (Å²) in [4.78, 5) is 36.7. The predicted octanol–water partition coefficient (Wildman–Crippen LogP) is 4.45. The third-order valence-corrected chi connectivity index (χ3v) is 5.69. The molecule has 8 heteroatoms. The maximum atomic E-state index is 13.9. The first-order valence-electron chi connectivity index (χ1n) is 11.2. The van der Waals surface area contributed by atoms with Crippen molar-refractivity contribution in [2.75, 3.05) is 0 Å². The van der Waals surface area contributed by atoms with Crippen LogP contribution in [0.25, 0.3) is 11.4 Å². The van der Waals surface area contributed by atoms with Crippen LogP contribution in [0.4, 0.5) is 8.78 Å². The Hall–Kier alpha value is -4.20. The van der Waals surface area contributed by atoms with Gasteiger partial charge >= 0.3 is 0 Å². The van der Waals surface area contributed by atoms with Crippen molar-refractivity contribution in [1.82, 2.24) is 20.3 Å². The number of aryl methyl sites for hydroxylation is 1. The maximum absolute atomic E-state index is 13.9. The number of hydrogen-bond acceptors (Lipinski definition) is 4. The molecule has 2 aromatic heterocycles. The highest BCUT2D eigenvalue weighted by Gasteiger charge is 2.18. The standard InChI is InChI=1S/C27H24F2N4O2/c1-17-23(27(35)33-26(31-17)19-10-12-30-13-11-19)8-9-25(34)32-24(20-5-3-7-22(29)16-20)15-18-4-2-6-21(28)14-18/h2-7,10-14,16,24H,8-9,15H2,1H3,(H,32,34)(H,31,33,35). The predicted molar refractivity (Wildman–Crippen MR) is 129 cm³/mol. The highest BCUT2D eigenvalue weighted by Crippen LogP contribution is 2.21. The minimum Gasteiger partial charge on any atom is -0.349 e. The lowest BCUT2D eigenvalue weighted by atomic mass is 9.98. The molecule has 0 radical (unpaired) electrons. The highest BCUT2D eigenvalue weighted by atomic mass is 19.1. The molecular weight excluding hydrogens is 450 g/mol. The molecule has 2 N–H and O–H groups in total. The van der Waals surface area contributed by atoms with Gasteiger partial charge in [0, 0.05) is 35.6 Å². The zero-order valence-corrected chi connectivity index (χ0v) is 19.1. The molecule has 2 heterocycles. The summed E-state index contributed by atoms with van der Waals surface area (Å²) >= 11 is 0. The van der Waals surface area contributed by atoms with Crippen molar-refractivity contribution in [3.05, 3.63) is 117 Å². The normalized spacial score (nSPS) is 11.7. The van der Waals surface area contributed by atoms with E-state index in [0.717, 1.165) is 5.56 Å². The third kappa shape index (κ3) is 6.23. The molecule has 2 aromatic carbocycles. The fraction of sp³-hybridized carbons (Fsp3) is 0.185. The molecule has 0 aliphatic heterocycles. The number of nitrogens with one attached hydrogen (secondary N) is 2. The summed E-state index contributed by atoms with van der Waals surface area (Å²) < 4.78 is 27.5. The second-order valence-corrected chi connectivity index (χ2v) is 8.22.